The molecule has 0 aliphatic heterocycles. The Bertz CT molecular complexity index is 923. The molecule has 0 spiro atoms. The van der Waals surface area contributed by atoms with Gasteiger partial charge in [0.2, 0.25) is 0 Å². The zero-order valence-corrected chi connectivity index (χ0v) is 20.5. The van der Waals surface area contributed by atoms with Crippen molar-refractivity contribution in [1.82, 2.24) is 0 Å². The van der Waals surface area contributed by atoms with Crippen molar-refractivity contribution >= 4 is 29.1 Å². The molecule has 0 aromatic heterocycles. The van der Waals surface area contributed by atoms with Crippen LogP contribution < -0.4 is 0 Å². The van der Waals surface area contributed by atoms with Gasteiger partial charge in [0.25, 0.3) is 0 Å². The Hall–Kier alpha value is -1.46. The van der Waals surface area contributed by atoms with Crippen LogP contribution in [0.4, 0.5) is 0 Å². The van der Waals surface area contributed by atoms with Gasteiger partial charge in [-0.2, -0.15) is 0 Å². The molecule has 0 amide bonds. The fourth-order valence-corrected chi connectivity index (χ4v) is 8.44. The van der Waals surface area contributed by atoms with Crippen LogP contribution in [0.25, 0.3) is 0 Å². The van der Waals surface area contributed by atoms with Crippen LogP contribution in [-0.2, 0) is 19.1 Å². The first kappa shape index (κ1) is 23.7. The maximum atomic E-state index is 13.5. The SMILES string of the molecule is CCC(=O)O[C@]1(C(=O)CC)[C@@H](C)C[C@H]2[C@@H]3CCC4=CC(=O)C=C[C@]4(C)[C@@]3(Cl)[C@@H](O)C[C@@]21C. The highest BCUT2D eigenvalue weighted by atomic mass is 35.5. The molecule has 4 aliphatic carbocycles. The van der Waals surface area contributed by atoms with Crippen molar-refractivity contribution in [3.8, 4) is 0 Å². The van der Waals surface area contributed by atoms with Crippen molar-refractivity contribution in [2.24, 2.45) is 28.6 Å². The van der Waals surface area contributed by atoms with Crippen LogP contribution in [0.15, 0.2) is 23.8 Å². The number of esters is 1. The van der Waals surface area contributed by atoms with E-state index in [0.29, 0.717) is 6.42 Å². The van der Waals surface area contributed by atoms with Gasteiger partial charge in [-0.1, -0.05) is 46.3 Å². The first-order valence-electron chi connectivity index (χ1n) is 12.0. The van der Waals surface area contributed by atoms with Crippen LogP contribution in [0.5, 0.6) is 0 Å². The molecule has 0 heterocycles. The smallest absolute Gasteiger partial charge is 0.306 e. The van der Waals surface area contributed by atoms with Gasteiger partial charge in [-0.15, -0.1) is 11.6 Å². The Balaban J connectivity index is 1.85. The number of fused-ring (bicyclic) bond motifs is 5. The van der Waals surface area contributed by atoms with E-state index >= 15 is 0 Å². The van der Waals surface area contributed by atoms with E-state index in [0.717, 1.165) is 18.4 Å². The minimum Gasteiger partial charge on any atom is -0.450 e. The van der Waals surface area contributed by atoms with Crippen LogP contribution >= 0.6 is 11.6 Å². The third-order valence-corrected chi connectivity index (χ3v) is 10.4. The monoisotopic (exact) mass is 462 g/mol. The number of aliphatic hydroxyl groups excluding tert-OH is 1. The number of hydrogen-bond donors (Lipinski definition) is 1. The number of carbonyl (C=O) groups excluding carboxylic acids is 3. The van der Waals surface area contributed by atoms with Gasteiger partial charge >= 0.3 is 5.97 Å². The third-order valence-electron chi connectivity index (χ3n) is 9.48. The lowest BCUT2D eigenvalue weighted by Gasteiger charge is -2.64. The zero-order chi connectivity index (χ0) is 23.7. The summed E-state index contributed by atoms with van der Waals surface area (Å²) in [5.41, 5.74) is -1.64. The summed E-state index contributed by atoms with van der Waals surface area (Å²) in [4.78, 5) is 37.1. The Morgan fingerprint density at radius 1 is 1.22 bits per heavy atom. The molecular weight excluding hydrogens is 428 g/mol. The Kier molecular flexibility index (Phi) is 5.57. The predicted molar refractivity (Wildman–Crippen MR) is 122 cm³/mol. The third kappa shape index (κ3) is 2.70. The zero-order valence-electron chi connectivity index (χ0n) is 19.7. The first-order chi connectivity index (χ1) is 14.9. The number of ketones is 2. The highest BCUT2D eigenvalue weighted by Crippen LogP contribution is 2.72. The van der Waals surface area contributed by atoms with E-state index in [-0.39, 0.29) is 54.6 Å². The molecule has 0 radical (unpaired) electrons. The number of halogens is 1. The molecule has 6 heteroatoms. The molecule has 0 bridgehead atoms. The number of carbonyl (C=O) groups is 3. The molecule has 0 aromatic carbocycles. The van der Waals surface area contributed by atoms with Crippen molar-refractivity contribution in [3.05, 3.63) is 23.8 Å². The van der Waals surface area contributed by atoms with Crippen LogP contribution in [-0.4, -0.2) is 39.2 Å². The molecule has 0 aromatic rings. The summed E-state index contributed by atoms with van der Waals surface area (Å²) < 4.78 is 6.08. The minimum atomic E-state index is -1.26. The highest BCUT2D eigenvalue weighted by Gasteiger charge is 2.76. The van der Waals surface area contributed by atoms with E-state index < -0.39 is 27.4 Å². The molecule has 5 nitrogen and oxygen atoms in total. The van der Waals surface area contributed by atoms with Crippen molar-refractivity contribution in [2.45, 2.75) is 89.7 Å². The number of ether oxygens (including phenoxy) is 1. The summed E-state index contributed by atoms with van der Waals surface area (Å²) >= 11 is 7.46. The van der Waals surface area contributed by atoms with Crippen LogP contribution in [0.1, 0.15) is 73.1 Å². The molecule has 3 saturated carbocycles. The molecule has 8 atom stereocenters. The van der Waals surface area contributed by atoms with E-state index in [9.17, 15) is 19.5 Å². The second kappa shape index (κ2) is 7.53. The van der Waals surface area contributed by atoms with E-state index in [4.69, 9.17) is 16.3 Å². The van der Waals surface area contributed by atoms with E-state index in [2.05, 4.69) is 0 Å². The second-order valence-corrected chi connectivity index (χ2v) is 11.4. The maximum absolute atomic E-state index is 13.5. The average molecular weight is 463 g/mol. The summed E-state index contributed by atoms with van der Waals surface area (Å²) in [7, 11) is 0. The summed E-state index contributed by atoms with van der Waals surface area (Å²) in [6, 6.07) is 0. The lowest BCUT2D eigenvalue weighted by Crippen LogP contribution is -2.69. The van der Waals surface area contributed by atoms with Gasteiger partial charge in [0.1, 0.15) is 0 Å². The average Bonchev–Trinajstić information content (AvgIpc) is 2.96. The minimum absolute atomic E-state index is 0.0166. The number of aliphatic hydroxyl groups is 1. The molecule has 4 aliphatic rings. The van der Waals surface area contributed by atoms with E-state index in [1.165, 1.54) is 0 Å². The summed E-state index contributed by atoms with van der Waals surface area (Å²) in [6.07, 6.45) is 7.09. The van der Waals surface area contributed by atoms with Gasteiger partial charge < -0.3 is 9.84 Å². The van der Waals surface area contributed by atoms with Gasteiger partial charge in [0, 0.05) is 29.6 Å². The van der Waals surface area contributed by atoms with Crippen molar-refractivity contribution < 1.29 is 24.2 Å². The number of alkyl halides is 1. The highest BCUT2D eigenvalue weighted by molar-refractivity contribution is 6.26. The summed E-state index contributed by atoms with van der Waals surface area (Å²) in [5.74, 6) is -0.723. The molecular formula is C26H35ClO5. The van der Waals surface area contributed by atoms with Gasteiger partial charge in [-0.3, -0.25) is 14.4 Å². The predicted octanol–water partition coefficient (Wildman–Crippen LogP) is 4.54. The molecule has 4 rings (SSSR count). The van der Waals surface area contributed by atoms with Crippen LogP contribution in [0.2, 0.25) is 0 Å². The van der Waals surface area contributed by atoms with Gasteiger partial charge in [0.15, 0.2) is 17.2 Å². The maximum Gasteiger partial charge on any atom is 0.306 e. The lowest BCUT2D eigenvalue weighted by atomic mass is 9.45. The normalized spacial score (nSPS) is 47.2. The van der Waals surface area contributed by atoms with E-state index in [1.807, 2.05) is 26.8 Å². The fourth-order valence-electron chi connectivity index (χ4n) is 7.91. The topological polar surface area (TPSA) is 80.7 Å². The van der Waals surface area contributed by atoms with Crippen molar-refractivity contribution in [1.29, 1.82) is 0 Å². The molecule has 0 unspecified atom stereocenters. The molecule has 176 valence electrons. The Morgan fingerprint density at radius 3 is 2.53 bits per heavy atom. The Labute approximate surface area is 195 Å². The molecule has 32 heavy (non-hydrogen) atoms. The fraction of sp³-hybridized carbons (Fsp3) is 0.731. The lowest BCUT2D eigenvalue weighted by molar-refractivity contribution is -0.201. The number of hydrogen-bond acceptors (Lipinski definition) is 5. The van der Waals surface area contributed by atoms with Crippen molar-refractivity contribution in [3.63, 3.8) is 0 Å². The van der Waals surface area contributed by atoms with Gasteiger partial charge in [0.05, 0.1) is 11.0 Å². The number of allylic oxidation sites excluding steroid dienone is 4. The van der Waals surface area contributed by atoms with Gasteiger partial charge in [-0.05, 0) is 49.7 Å². The summed E-state index contributed by atoms with van der Waals surface area (Å²) in [5, 5.41) is 11.7. The van der Waals surface area contributed by atoms with Gasteiger partial charge in [-0.25, -0.2) is 0 Å². The number of Topliss-reactive ketones (excluding diaryl/α,β-unsaturated/α-hetero) is 1. The molecule has 0 saturated heterocycles. The van der Waals surface area contributed by atoms with Crippen LogP contribution in [0.3, 0.4) is 0 Å². The van der Waals surface area contributed by atoms with Crippen LogP contribution in [0, 0.1) is 28.6 Å². The standard InChI is InChI=1S/C26H35ClO5/c1-6-20(29)26(32-22(31)7-2)15(3)12-19-18-9-8-16-13-17(28)10-11-23(16,4)25(18,27)21(30)14-24(19,26)5/h10-11,13,15,18-19,21,30H,6-9,12,14H2,1-5H3/t15-,18-,19-,21-,23-,24-,25-,26-/m0/s1. The Morgan fingerprint density at radius 2 is 1.91 bits per heavy atom. The quantitative estimate of drug-likeness (QED) is 0.490. The first-order valence-corrected chi connectivity index (χ1v) is 12.4. The molecule has 3 fully saturated rings. The van der Waals surface area contributed by atoms with Crippen molar-refractivity contribution in [2.75, 3.05) is 0 Å². The van der Waals surface area contributed by atoms with E-state index in [1.54, 1.807) is 26.0 Å². The largest absolute Gasteiger partial charge is 0.450 e. The summed E-state index contributed by atoms with van der Waals surface area (Å²) in [6.45, 7) is 9.58. The second-order valence-electron chi connectivity index (χ2n) is 10.7. The number of rotatable bonds is 4. The molecule has 1 N–H and O–H groups in total.